The van der Waals surface area contributed by atoms with Crippen LogP contribution in [0.5, 0.6) is 17.2 Å². The molecule has 3 aromatic carbocycles. The summed E-state index contributed by atoms with van der Waals surface area (Å²) in [6.45, 7) is -0.641. The standard InChI is InChI=1S/C45H39Cl2F3N8O9/c1-54-34-21-36(66-3)35(65-2)20-32(34)52-31(40(54)61)13-14-55-42(63)56-15-12-28-33(58(56)43(55)64)19-29-39(60)57(53-38-30(47)18-25(22-51-38)45(48,49)50)41(62)44(29,24-6-8-26(46)9-7-24)37(28)23-4-10-27(11-5-23)67-17-16-59/h4-12,18,20-22,29,33,37,59H,13-17,19H2,1-3H3,(H,51,53)/t29-,33+,37-,44+/m0/s1. The number of nitrogens with one attached hydrogen (secondary N) is 1. The number of allylic oxidation sites excluding steroid dienone is 2. The first-order valence-corrected chi connectivity index (χ1v) is 21.5. The van der Waals surface area contributed by atoms with Crippen molar-refractivity contribution in [3.63, 3.8) is 0 Å². The number of carbonyl (C=O) groups is 2. The highest BCUT2D eigenvalue weighted by molar-refractivity contribution is 6.33. The highest BCUT2D eigenvalue weighted by Gasteiger charge is 2.69. The molecule has 22 heteroatoms. The minimum absolute atomic E-state index is 0.00609. The molecular formula is C45H39Cl2F3N8O9. The lowest BCUT2D eigenvalue weighted by Gasteiger charge is -2.49. The third kappa shape index (κ3) is 7.33. The minimum Gasteiger partial charge on any atom is -0.493 e. The van der Waals surface area contributed by atoms with Gasteiger partial charge >= 0.3 is 17.6 Å². The van der Waals surface area contributed by atoms with E-state index in [0.29, 0.717) is 67.3 Å². The molecule has 0 unspecified atom stereocenters. The number of benzene rings is 3. The molecule has 17 nitrogen and oxygen atoms in total. The number of nitrogens with zero attached hydrogens (tertiary/aromatic N) is 7. The second-order valence-corrected chi connectivity index (χ2v) is 17.0. The number of rotatable bonds is 12. The molecule has 1 saturated heterocycles. The number of anilines is 1. The van der Waals surface area contributed by atoms with Crippen LogP contribution < -0.4 is 36.6 Å². The fourth-order valence-corrected chi connectivity index (χ4v) is 10.0. The molecular weight excluding hydrogens is 924 g/mol. The van der Waals surface area contributed by atoms with Gasteiger partial charge in [-0.1, -0.05) is 53.5 Å². The largest absolute Gasteiger partial charge is 0.493 e. The fraction of sp³-hybridized carbons (Fsp3) is 0.311. The average molecular weight is 964 g/mol. The van der Waals surface area contributed by atoms with Crippen molar-refractivity contribution in [2.75, 3.05) is 32.9 Å². The van der Waals surface area contributed by atoms with Crippen LogP contribution in [0.4, 0.5) is 19.0 Å². The molecule has 3 aromatic heterocycles. The van der Waals surface area contributed by atoms with Crippen LogP contribution in [-0.2, 0) is 47.7 Å². The van der Waals surface area contributed by atoms with Crippen LogP contribution in [0, 0.1) is 5.92 Å². The second kappa shape index (κ2) is 17.1. The number of aryl methyl sites for hydroxylation is 2. The van der Waals surface area contributed by atoms with E-state index in [0.717, 1.165) is 4.57 Å². The summed E-state index contributed by atoms with van der Waals surface area (Å²) in [4.78, 5) is 81.4. The smallest absolute Gasteiger partial charge is 0.417 e. The first-order valence-electron chi connectivity index (χ1n) is 20.7. The van der Waals surface area contributed by atoms with Crippen LogP contribution >= 0.6 is 23.2 Å². The monoisotopic (exact) mass is 962 g/mol. The molecule has 0 radical (unpaired) electrons. The van der Waals surface area contributed by atoms with Crippen molar-refractivity contribution in [3.8, 4) is 17.2 Å². The summed E-state index contributed by atoms with van der Waals surface area (Å²) in [6.07, 6.45) is -2.85. The summed E-state index contributed by atoms with van der Waals surface area (Å²) in [6, 6.07) is 15.8. The van der Waals surface area contributed by atoms with E-state index in [4.69, 9.17) is 37.4 Å². The molecule has 0 bridgehead atoms. The molecule has 1 saturated carbocycles. The zero-order chi connectivity index (χ0) is 47.7. The number of carbonyl (C=O) groups excluding carboxylic acids is 2. The maximum atomic E-state index is 15.5. The highest BCUT2D eigenvalue weighted by atomic mass is 35.5. The molecule has 1 aliphatic carbocycles. The number of aliphatic hydroxyl groups is 1. The van der Waals surface area contributed by atoms with Gasteiger partial charge in [0.1, 0.15) is 18.1 Å². The van der Waals surface area contributed by atoms with E-state index in [2.05, 4.69) is 15.4 Å². The van der Waals surface area contributed by atoms with E-state index in [-0.39, 0.29) is 44.8 Å². The number of halogens is 5. The second-order valence-electron chi connectivity index (χ2n) is 16.1. The predicted molar refractivity (Wildman–Crippen MR) is 237 cm³/mol. The molecule has 2 N–H and O–H groups in total. The van der Waals surface area contributed by atoms with Crippen molar-refractivity contribution in [3.05, 3.63) is 148 Å². The van der Waals surface area contributed by atoms with Crippen LogP contribution in [0.1, 0.15) is 40.8 Å². The zero-order valence-corrected chi connectivity index (χ0v) is 37.2. The number of hydrogen-bond acceptors (Lipinski definition) is 12. The van der Waals surface area contributed by atoms with Crippen LogP contribution in [0.3, 0.4) is 0 Å². The predicted octanol–water partition coefficient (Wildman–Crippen LogP) is 5.03. The highest BCUT2D eigenvalue weighted by Crippen LogP contribution is 2.62. The average Bonchev–Trinajstić information content (AvgIpc) is 3.68. The Bertz CT molecular complexity index is 3200. The number of methoxy groups -OCH3 is 2. The summed E-state index contributed by atoms with van der Waals surface area (Å²) < 4.78 is 62.1. The summed E-state index contributed by atoms with van der Waals surface area (Å²) in [5.74, 6) is -3.21. The van der Waals surface area contributed by atoms with Crippen molar-refractivity contribution >= 4 is 51.9 Å². The lowest BCUT2D eigenvalue weighted by molar-refractivity contribution is -0.139. The Balaban J connectivity index is 1.16. The number of aliphatic hydroxyl groups excluding tert-OH is 1. The molecule has 3 aliphatic rings. The number of alkyl halides is 3. The number of imide groups is 1. The van der Waals surface area contributed by atoms with Crippen molar-refractivity contribution < 1.29 is 42.1 Å². The molecule has 9 rings (SSSR count). The number of hydrazine groups is 1. The Labute approximate surface area is 387 Å². The van der Waals surface area contributed by atoms with Crippen LogP contribution in [-0.4, -0.2) is 77.8 Å². The third-order valence-electron chi connectivity index (χ3n) is 12.7. The van der Waals surface area contributed by atoms with E-state index in [1.807, 2.05) is 0 Å². The maximum Gasteiger partial charge on any atom is 0.417 e. The molecule has 348 valence electrons. The number of pyridine rings is 1. The van der Waals surface area contributed by atoms with Crippen LogP contribution in [0.25, 0.3) is 11.0 Å². The van der Waals surface area contributed by atoms with Crippen molar-refractivity contribution in [2.24, 2.45) is 13.0 Å². The van der Waals surface area contributed by atoms with Gasteiger partial charge in [-0.05, 0) is 53.5 Å². The van der Waals surface area contributed by atoms with Crippen molar-refractivity contribution in [1.29, 1.82) is 0 Å². The Hall–Kier alpha value is -6.90. The number of fused-ring (bicyclic) bond motifs is 5. The third-order valence-corrected chi connectivity index (χ3v) is 13.2. The molecule has 67 heavy (non-hydrogen) atoms. The van der Waals surface area contributed by atoms with E-state index >= 15 is 9.59 Å². The summed E-state index contributed by atoms with van der Waals surface area (Å²) in [5, 5.41) is 9.89. The van der Waals surface area contributed by atoms with Gasteiger partial charge in [-0.3, -0.25) is 19.8 Å². The Morgan fingerprint density at radius 2 is 1.64 bits per heavy atom. The van der Waals surface area contributed by atoms with Gasteiger partial charge in [0, 0.05) is 49.3 Å². The quantitative estimate of drug-likeness (QED) is 0.123. The summed E-state index contributed by atoms with van der Waals surface area (Å²) >= 11 is 12.7. The lowest BCUT2D eigenvalue weighted by Crippen LogP contribution is -2.53. The van der Waals surface area contributed by atoms with Gasteiger partial charge in [0.15, 0.2) is 17.3 Å². The summed E-state index contributed by atoms with van der Waals surface area (Å²) in [5.41, 5.74) is 0.0522. The molecule has 2 fully saturated rings. The number of amides is 2. The minimum atomic E-state index is -4.79. The van der Waals surface area contributed by atoms with Gasteiger partial charge in [-0.2, -0.15) is 18.2 Å². The molecule has 4 atom stereocenters. The molecule has 2 amide bonds. The van der Waals surface area contributed by atoms with Crippen molar-refractivity contribution in [1.82, 2.24) is 33.5 Å². The van der Waals surface area contributed by atoms with E-state index in [1.54, 1.807) is 73.8 Å². The van der Waals surface area contributed by atoms with Gasteiger partial charge in [-0.25, -0.2) is 33.5 Å². The zero-order valence-electron chi connectivity index (χ0n) is 35.7. The van der Waals surface area contributed by atoms with Crippen LogP contribution in [0.15, 0.2) is 99.0 Å². The number of aromatic nitrogens is 6. The first kappa shape index (κ1) is 45.3. The number of hydrogen-bond donors (Lipinski definition) is 2. The van der Waals surface area contributed by atoms with Gasteiger partial charge in [0.2, 0.25) is 0 Å². The topological polar surface area (TPSA) is 194 Å². The molecule has 0 spiro atoms. The van der Waals surface area contributed by atoms with E-state index < -0.39 is 74.6 Å². The summed E-state index contributed by atoms with van der Waals surface area (Å²) in [7, 11) is 4.49. The van der Waals surface area contributed by atoms with Crippen molar-refractivity contribution in [2.45, 2.75) is 49.5 Å². The van der Waals surface area contributed by atoms with Gasteiger partial charge in [0.25, 0.3) is 17.4 Å². The Kier molecular flexibility index (Phi) is 11.5. The maximum absolute atomic E-state index is 15.5. The van der Waals surface area contributed by atoms with Crippen LogP contribution in [0.2, 0.25) is 10.0 Å². The van der Waals surface area contributed by atoms with E-state index in [9.17, 15) is 32.7 Å². The SMILES string of the molecule is COc1cc2nc(CCn3c(=O)n4n(c3=O)[C@@H]3C[C@H]5C(=O)N(Nc6ncc(C(F)(F)F)cc6Cl)C(=O)[C@@]5(c5ccc(Cl)cc5)[C@@H](c5ccc(OCCO)cc5)C3=CC4)c(=O)n(C)c2cc1OC. The Morgan fingerprint density at radius 1 is 0.940 bits per heavy atom. The first-order chi connectivity index (χ1) is 32.0. The molecule has 5 heterocycles. The Morgan fingerprint density at radius 3 is 2.30 bits per heavy atom. The molecule has 2 aliphatic heterocycles. The lowest BCUT2D eigenvalue weighted by atomic mass is 9.53. The van der Waals surface area contributed by atoms with Gasteiger partial charge in [-0.15, -0.1) is 0 Å². The number of ether oxygens (including phenoxy) is 3. The van der Waals surface area contributed by atoms with Gasteiger partial charge < -0.3 is 23.9 Å². The van der Waals surface area contributed by atoms with E-state index in [1.165, 1.54) is 28.2 Å². The fourth-order valence-electron chi connectivity index (χ4n) is 9.67. The van der Waals surface area contributed by atoms with Gasteiger partial charge in [0.05, 0.1) is 66.4 Å². The molecule has 6 aromatic rings. The normalized spacial score (nSPS) is 20.0.